The van der Waals surface area contributed by atoms with E-state index in [2.05, 4.69) is 10.4 Å². The number of carbonyl (C=O) groups excluding carboxylic acids is 2. The van der Waals surface area contributed by atoms with Gasteiger partial charge in [0.15, 0.2) is 5.76 Å². The summed E-state index contributed by atoms with van der Waals surface area (Å²) in [6, 6.07) is 9.01. The topological polar surface area (TPSA) is 80.4 Å². The molecule has 0 aromatic carbocycles. The van der Waals surface area contributed by atoms with Crippen molar-refractivity contribution in [2.75, 3.05) is 13.1 Å². The molecule has 1 unspecified atom stereocenters. The number of thiophene rings is 1. The second kappa shape index (κ2) is 7.40. The number of aromatic nitrogens is 2. The van der Waals surface area contributed by atoms with Crippen LogP contribution < -0.4 is 5.32 Å². The Morgan fingerprint density at radius 2 is 2.22 bits per heavy atom. The van der Waals surface area contributed by atoms with Crippen LogP contribution in [0.4, 0.5) is 0 Å². The Balaban J connectivity index is 1.43. The lowest BCUT2D eigenvalue weighted by molar-refractivity contribution is 0.0646. The van der Waals surface area contributed by atoms with Crippen molar-refractivity contribution in [2.45, 2.75) is 18.9 Å². The van der Waals surface area contributed by atoms with Gasteiger partial charge in [-0.25, -0.2) is 0 Å². The van der Waals surface area contributed by atoms with Crippen LogP contribution in [0.5, 0.6) is 0 Å². The first-order chi connectivity index (χ1) is 13.1. The van der Waals surface area contributed by atoms with Crippen LogP contribution in [0.1, 0.15) is 33.9 Å². The van der Waals surface area contributed by atoms with Crippen LogP contribution >= 0.6 is 11.3 Å². The zero-order valence-corrected chi connectivity index (χ0v) is 15.7. The van der Waals surface area contributed by atoms with E-state index in [0.29, 0.717) is 24.5 Å². The Hall–Kier alpha value is -2.87. The largest absolute Gasteiger partial charge is 0.459 e. The van der Waals surface area contributed by atoms with E-state index in [9.17, 15) is 9.59 Å². The first-order valence-corrected chi connectivity index (χ1v) is 9.71. The Labute approximate surface area is 160 Å². The Morgan fingerprint density at radius 3 is 2.96 bits per heavy atom. The summed E-state index contributed by atoms with van der Waals surface area (Å²) in [4.78, 5) is 27.9. The summed E-state index contributed by atoms with van der Waals surface area (Å²) in [5, 5.41) is 9.46. The molecule has 140 valence electrons. The second-order valence-corrected chi connectivity index (χ2v) is 7.50. The van der Waals surface area contributed by atoms with Gasteiger partial charge in [0.1, 0.15) is 11.4 Å². The Kier molecular flexibility index (Phi) is 4.81. The molecule has 4 rings (SSSR count). The summed E-state index contributed by atoms with van der Waals surface area (Å²) in [5.41, 5.74) is 1.30. The highest BCUT2D eigenvalue weighted by Crippen LogP contribution is 2.24. The molecular weight excluding hydrogens is 364 g/mol. The predicted molar refractivity (Wildman–Crippen MR) is 102 cm³/mol. The molecule has 7 nitrogen and oxygen atoms in total. The number of aryl methyl sites for hydroxylation is 1. The molecule has 1 saturated heterocycles. The fourth-order valence-corrected chi connectivity index (χ4v) is 4.00. The van der Waals surface area contributed by atoms with Gasteiger partial charge in [-0.3, -0.25) is 14.3 Å². The van der Waals surface area contributed by atoms with E-state index in [1.807, 2.05) is 17.5 Å². The van der Waals surface area contributed by atoms with Gasteiger partial charge in [0.05, 0.1) is 11.1 Å². The highest BCUT2D eigenvalue weighted by Gasteiger charge is 2.27. The highest BCUT2D eigenvalue weighted by atomic mass is 32.1. The third-order valence-corrected chi connectivity index (χ3v) is 5.55. The van der Waals surface area contributed by atoms with Gasteiger partial charge in [0, 0.05) is 26.2 Å². The number of nitrogens with one attached hydrogen (secondary N) is 1. The van der Waals surface area contributed by atoms with Gasteiger partial charge in [-0.1, -0.05) is 6.07 Å². The van der Waals surface area contributed by atoms with E-state index in [1.165, 1.54) is 6.26 Å². The Morgan fingerprint density at radius 1 is 1.33 bits per heavy atom. The Bertz CT molecular complexity index is 930. The van der Waals surface area contributed by atoms with Gasteiger partial charge >= 0.3 is 0 Å². The number of hydrogen-bond donors (Lipinski definition) is 1. The van der Waals surface area contributed by atoms with Crippen molar-refractivity contribution in [3.63, 3.8) is 0 Å². The van der Waals surface area contributed by atoms with Gasteiger partial charge in [-0.05, 0) is 42.5 Å². The van der Waals surface area contributed by atoms with Crippen molar-refractivity contribution in [3.8, 4) is 10.6 Å². The first kappa shape index (κ1) is 17.5. The minimum atomic E-state index is -0.176. The lowest BCUT2D eigenvalue weighted by atomic mass is 10.1. The summed E-state index contributed by atoms with van der Waals surface area (Å²) in [5.74, 6) is 0.0127. The maximum atomic E-state index is 12.7. The summed E-state index contributed by atoms with van der Waals surface area (Å²) in [6.45, 7) is 1.14. The van der Waals surface area contributed by atoms with Crippen molar-refractivity contribution >= 4 is 23.2 Å². The molecule has 3 aromatic heterocycles. The molecule has 8 heteroatoms. The normalized spacial score (nSPS) is 17.1. The third kappa shape index (κ3) is 3.66. The number of nitrogens with zero attached hydrogens (tertiary/aromatic N) is 3. The molecule has 2 amide bonds. The smallest absolute Gasteiger partial charge is 0.289 e. The standard InChI is InChI=1S/C19H20N4O3S/c1-22-15(11-14(21-22)17-7-4-10-27-17)18(24)20-13-5-2-8-23(12-13)19(25)16-6-3-9-26-16/h3-4,6-7,9-11,13H,2,5,8,12H2,1H3,(H,20,24). The van der Waals surface area contributed by atoms with Gasteiger partial charge < -0.3 is 14.6 Å². The summed E-state index contributed by atoms with van der Waals surface area (Å²) >= 11 is 1.59. The van der Waals surface area contributed by atoms with Crippen molar-refractivity contribution < 1.29 is 14.0 Å². The number of rotatable bonds is 4. The average molecular weight is 384 g/mol. The van der Waals surface area contributed by atoms with E-state index < -0.39 is 0 Å². The molecule has 1 atom stereocenters. The predicted octanol–water partition coefficient (Wildman–Crippen LogP) is 2.78. The summed E-state index contributed by atoms with van der Waals surface area (Å²) < 4.78 is 6.80. The molecule has 4 heterocycles. The minimum absolute atomic E-state index is 0.0924. The maximum absolute atomic E-state index is 12.7. The van der Waals surface area contributed by atoms with Crippen molar-refractivity contribution in [1.82, 2.24) is 20.0 Å². The molecular formula is C19H20N4O3S. The van der Waals surface area contributed by atoms with Gasteiger partial charge in [-0.2, -0.15) is 5.10 Å². The van der Waals surface area contributed by atoms with E-state index in [4.69, 9.17) is 4.42 Å². The van der Waals surface area contributed by atoms with Crippen molar-refractivity contribution in [1.29, 1.82) is 0 Å². The zero-order chi connectivity index (χ0) is 18.8. The van der Waals surface area contributed by atoms with E-state index in [-0.39, 0.29) is 17.9 Å². The number of likely N-dealkylation sites (tertiary alicyclic amines) is 1. The molecule has 1 fully saturated rings. The lowest BCUT2D eigenvalue weighted by Gasteiger charge is -2.32. The highest BCUT2D eigenvalue weighted by molar-refractivity contribution is 7.13. The van der Waals surface area contributed by atoms with E-state index in [1.54, 1.807) is 46.2 Å². The van der Waals surface area contributed by atoms with Crippen LogP contribution in [0.15, 0.2) is 46.4 Å². The van der Waals surface area contributed by atoms with Crippen LogP contribution in [-0.2, 0) is 7.05 Å². The van der Waals surface area contributed by atoms with Crippen LogP contribution in [0.3, 0.4) is 0 Å². The summed E-state index contributed by atoms with van der Waals surface area (Å²) in [6.07, 6.45) is 3.16. The van der Waals surface area contributed by atoms with Crippen LogP contribution in [-0.4, -0.2) is 45.6 Å². The molecule has 1 aliphatic rings. The molecule has 27 heavy (non-hydrogen) atoms. The molecule has 0 spiro atoms. The zero-order valence-electron chi connectivity index (χ0n) is 14.9. The van der Waals surface area contributed by atoms with Gasteiger partial charge in [-0.15, -0.1) is 11.3 Å². The molecule has 1 N–H and O–H groups in total. The van der Waals surface area contributed by atoms with Gasteiger partial charge in [0.25, 0.3) is 11.8 Å². The SMILES string of the molecule is Cn1nc(-c2cccs2)cc1C(=O)NC1CCCN(C(=O)c2ccco2)C1. The molecule has 3 aromatic rings. The van der Waals surface area contributed by atoms with Crippen molar-refractivity contribution in [2.24, 2.45) is 7.05 Å². The number of piperidine rings is 1. The molecule has 0 aliphatic carbocycles. The number of carbonyl (C=O) groups is 2. The van der Waals surface area contributed by atoms with Crippen molar-refractivity contribution in [3.05, 3.63) is 53.4 Å². The molecule has 1 aliphatic heterocycles. The van der Waals surface area contributed by atoms with Crippen LogP contribution in [0.25, 0.3) is 10.6 Å². The second-order valence-electron chi connectivity index (χ2n) is 6.56. The molecule has 0 bridgehead atoms. The first-order valence-electron chi connectivity index (χ1n) is 8.83. The van der Waals surface area contributed by atoms with Crippen LogP contribution in [0, 0.1) is 0 Å². The number of amides is 2. The van der Waals surface area contributed by atoms with E-state index >= 15 is 0 Å². The fourth-order valence-electron chi connectivity index (χ4n) is 3.32. The van der Waals surface area contributed by atoms with E-state index in [0.717, 1.165) is 23.4 Å². The quantitative estimate of drug-likeness (QED) is 0.750. The minimum Gasteiger partial charge on any atom is -0.459 e. The number of furan rings is 1. The van der Waals surface area contributed by atoms with Crippen LogP contribution in [0.2, 0.25) is 0 Å². The summed E-state index contributed by atoms with van der Waals surface area (Å²) in [7, 11) is 1.76. The third-order valence-electron chi connectivity index (χ3n) is 4.66. The monoisotopic (exact) mass is 384 g/mol. The average Bonchev–Trinajstić information content (AvgIpc) is 3.42. The van der Waals surface area contributed by atoms with Gasteiger partial charge in [0.2, 0.25) is 0 Å². The molecule has 0 saturated carbocycles. The molecule has 0 radical (unpaired) electrons. The lowest BCUT2D eigenvalue weighted by Crippen LogP contribution is -2.49. The maximum Gasteiger partial charge on any atom is 0.289 e. The fraction of sp³-hybridized carbons (Fsp3) is 0.316. The number of hydrogen-bond acceptors (Lipinski definition) is 5.